The summed E-state index contributed by atoms with van der Waals surface area (Å²) in [5.74, 6) is 1.44. The van der Waals surface area contributed by atoms with Gasteiger partial charge in [-0.1, -0.05) is 30.3 Å². The van der Waals surface area contributed by atoms with Gasteiger partial charge in [0.2, 0.25) is 0 Å². The van der Waals surface area contributed by atoms with Gasteiger partial charge in [0.15, 0.2) is 17.6 Å². The topological polar surface area (TPSA) is 59.6 Å². The lowest BCUT2D eigenvalue weighted by molar-refractivity contribution is 0.0696. The number of carbonyl (C=O) groups excluding carboxylic acids is 1. The summed E-state index contributed by atoms with van der Waals surface area (Å²) in [6.45, 7) is 2.30. The van der Waals surface area contributed by atoms with E-state index in [1.807, 2.05) is 61.5 Å². The van der Waals surface area contributed by atoms with E-state index in [9.17, 15) is 4.79 Å². The number of hydrogen-bond donors (Lipinski definition) is 2. The number of ether oxygens (including phenoxy) is 2. The van der Waals surface area contributed by atoms with Crippen LogP contribution >= 0.6 is 0 Å². The summed E-state index contributed by atoms with van der Waals surface area (Å²) in [4.78, 5) is 12.0. The van der Waals surface area contributed by atoms with E-state index < -0.39 is 0 Å². The number of carbonyl (C=O) groups is 1. The molecule has 1 aliphatic rings. The predicted molar refractivity (Wildman–Crippen MR) is 84.4 cm³/mol. The highest BCUT2D eigenvalue weighted by Crippen LogP contribution is 2.31. The molecule has 5 nitrogen and oxygen atoms in total. The number of nitrogens with one attached hydrogen (secondary N) is 2. The van der Waals surface area contributed by atoms with Gasteiger partial charge in [0, 0.05) is 5.69 Å². The minimum Gasteiger partial charge on any atom is -0.486 e. The van der Waals surface area contributed by atoms with Crippen LogP contribution in [-0.4, -0.2) is 24.8 Å². The van der Waals surface area contributed by atoms with Gasteiger partial charge in [-0.25, -0.2) is 4.79 Å². The Kier molecular flexibility index (Phi) is 4.14. The zero-order valence-electron chi connectivity index (χ0n) is 12.3. The van der Waals surface area contributed by atoms with Crippen molar-refractivity contribution in [2.45, 2.75) is 19.1 Å². The maximum absolute atomic E-state index is 12.0. The molecule has 2 N–H and O–H groups in total. The number of benzene rings is 2. The third-order valence-corrected chi connectivity index (χ3v) is 3.48. The first-order chi connectivity index (χ1) is 10.7. The molecule has 22 heavy (non-hydrogen) atoms. The van der Waals surface area contributed by atoms with E-state index in [1.54, 1.807) is 0 Å². The average Bonchev–Trinajstić information content (AvgIpc) is 2.55. The lowest BCUT2D eigenvalue weighted by atomic mass is 10.1. The Hall–Kier alpha value is -2.69. The molecule has 0 saturated carbocycles. The number of amides is 2. The second kappa shape index (κ2) is 6.39. The summed E-state index contributed by atoms with van der Waals surface area (Å²) in [6, 6.07) is 16.4. The fraction of sp³-hybridized carbons (Fsp3) is 0.235. The van der Waals surface area contributed by atoms with Crippen LogP contribution in [0.1, 0.15) is 6.92 Å². The van der Waals surface area contributed by atoms with Gasteiger partial charge in [-0.3, -0.25) is 0 Å². The molecule has 0 aromatic heterocycles. The van der Waals surface area contributed by atoms with Crippen molar-refractivity contribution in [3.05, 3.63) is 54.6 Å². The average molecular weight is 298 g/mol. The van der Waals surface area contributed by atoms with E-state index in [1.165, 1.54) is 0 Å². The molecule has 0 radical (unpaired) electrons. The van der Waals surface area contributed by atoms with Crippen molar-refractivity contribution in [3.8, 4) is 11.5 Å². The monoisotopic (exact) mass is 298 g/mol. The van der Waals surface area contributed by atoms with Crippen molar-refractivity contribution in [2.24, 2.45) is 0 Å². The summed E-state index contributed by atoms with van der Waals surface area (Å²) < 4.78 is 11.5. The third-order valence-electron chi connectivity index (χ3n) is 3.48. The molecule has 0 spiro atoms. The van der Waals surface area contributed by atoms with Gasteiger partial charge < -0.3 is 20.1 Å². The van der Waals surface area contributed by atoms with Crippen LogP contribution < -0.4 is 20.1 Å². The smallest absolute Gasteiger partial charge is 0.319 e. The SMILES string of the molecule is CC(NC(=O)Nc1ccccc1)C1COc2ccccc2O1. The molecule has 114 valence electrons. The molecule has 0 aliphatic carbocycles. The maximum Gasteiger partial charge on any atom is 0.319 e. The zero-order valence-corrected chi connectivity index (χ0v) is 12.3. The van der Waals surface area contributed by atoms with Crippen LogP contribution in [0, 0.1) is 0 Å². The van der Waals surface area contributed by atoms with Gasteiger partial charge in [0.05, 0.1) is 6.04 Å². The van der Waals surface area contributed by atoms with Crippen molar-refractivity contribution >= 4 is 11.7 Å². The molecule has 2 atom stereocenters. The highest BCUT2D eigenvalue weighted by atomic mass is 16.6. The summed E-state index contributed by atoms with van der Waals surface area (Å²) >= 11 is 0. The van der Waals surface area contributed by atoms with Crippen LogP contribution in [0.4, 0.5) is 10.5 Å². The molecule has 2 aromatic carbocycles. The molecule has 0 fully saturated rings. The van der Waals surface area contributed by atoms with Gasteiger partial charge >= 0.3 is 6.03 Å². The number of para-hydroxylation sites is 3. The van der Waals surface area contributed by atoms with Gasteiger partial charge in [-0.2, -0.15) is 0 Å². The van der Waals surface area contributed by atoms with Crippen molar-refractivity contribution in [1.29, 1.82) is 0 Å². The van der Waals surface area contributed by atoms with Crippen LogP contribution in [0.5, 0.6) is 11.5 Å². The minimum atomic E-state index is -0.263. The Balaban J connectivity index is 1.56. The molecule has 2 amide bonds. The fourth-order valence-corrected chi connectivity index (χ4v) is 2.27. The molecule has 2 aromatic rings. The molecule has 2 unspecified atom stereocenters. The van der Waals surface area contributed by atoms with Crippen molar-refractivity contribution in [3.63, 3.8) is 0 Å². The van der Waals surface area contributed by atoms with Crippen LogP contribution in [0.25, 0.3) is 0 Å². The number of rotatable bonds is 3. The Bertz CT molecular complexity index is 645. The number of fused-ring (bicyclic) bond motifs is 1. The quantitative estimate of drug-likeness (QED) is 0.915. The van der Waals surface area contributed by atoms with Gasteiger partial charge in [0.25, 0.3) is 0 Å². The van der Waals surface area contributed by atoms with Crippen LogP contribution in [0.15, 0.2) is 54.6 Å². The molecule has 0 saturated heterocycles. The Labute approximate surface area is 129 Å². The number of hydrogen-bond acceptors (Lipinski definition) is 3. The second-order valence-corrected chi connectivity index (χ2v) is 5.17. The molecule has 1 aliphatic heterocycles. The van der Waals surface area contributed by atoms with E-state index in [4.69, 9.17) is 9.47 Å². The zero-order chi connectivity index (χ0) is 15.4. The van der Waals surface area contributed by atoms with Crippen molar-refractivity contribution in [1.82, 2.24) is 5.32 Å². The largest absolute Gasteiger partial charge is 0.486 e. The van der Waals surface area contributed by atoms with Crippen molar-refractivity contribution < 1.29 is 14.3 Å². The van der Waals surface area contributed by atoms with Gasteiger partial charge in [0.1, 0.15) is 6.61 Å². The molecular formula is C17H18N2O3. The van der Waals surface area contributed by atoms with E-state index in [0.717, 1.165) is 11.4 Å². The van der Waals surface area contributed by atoms with E-state index in [2.05, 4.69) is 10.6 Å². The van der Waals surface area contributed by atoms with Crippen molar-refractivity contribution in [2.75, 3.05) is 11.9 Å². The standard InChI is InChI=1S/C17H18N2O3/c1-12(18-17(20)19-13-7-3-2-4-8-13)16-11-21-14-9-5-6-10-15(14)22-16/h2-10,12,16H,11H2,1H3,(H2,18,19,20). The van der Waals surface area contributed by atoms with Crippen LogP contribution in [-0.2, 0) is 0 Å². The molecular weight excluding hydrogens is 280 g/mol. The normalized spacial score (nSPS) is 17.4. The number of anilines is 1. The summed E-state index contributed by atoms with van der Waals surface area (Å²) in [5.41, 5.74) is 0.748. The predicted octanol–water partition coefficient (Wildman–Crippen LogP) is 3.04. The lowest BCUT2D eigenvalue weighted by Gasteiger charge is -2.30. The fourth-order valence-electron chi connectivity index (χ4n) is 2.27. The third kappa shape index (κ3) is 3.31. The van der Waals surface area contributed by atoms with Gasteiger partial charge in [-0.05, 0) is 31.2 Å². The van der Waals surface area contributed by atoms with E-state index >= 15 is 0 Å². The summed E-state index contributed by atoms with van der Waals surface area (Å²) in [5, 5.41) is 5.66. The van der Waals surface area contributed by atoms with Crippen LogP contribution in [0.2, 0.25) is 0 Å². The molecule has 3 rings (SSSR count). The molecule has 0 bridgehead atoms. The highest BCUT2D eigenvalue weighted by Gasteiger charge is 2.27. The Morgan fingerprint density at radius 2 is 1.77 bits per heavy atom. The highest BCUT2D eigenvalue weighted by molar-refractivity contribution is 5.89. The van der Waals surface area contributed by atoms with Gasteiger partial charge in [-0.15, -0.1) is 0 Å². The van der Waals surface area contributed by atoms with Crippen LogP contribution in [0.3, 0.4) is 0 Å². The summed E-state index contributed by atoms with van der Waals surface area (Å²) in [6.07, 6.45) is -0.226. The van der Waals surface area contributed by atoms with E-state index in [-0.39, 0.29) is 18.2 Å². The molecule has 1 heterocycles. The first-order valence-corrected chi connectivity index (χ1v) is 7.23. The maximum atomic E-state index is 12.0. The Morgan fingerprint density at radius 1 is 1.09 bits per heavy atom. The Morgan fingerprint density at radius 3 is 2.55 bits per heavy atom. The van der Waals surface area contributed by atoms with E-state index in [0.29, 0.717) is 12.4 Å². The first kappa shape index (κ1) is 14.3. The second-order valence-electron chi connectivity index (χ2n) is 5.17. The summed E-state index contributed by atoms with van der Waals surface area (Å²) in [7, 11) is 0. The minimum absolute atomic E-state index is 0.183. The number of urea groups is 1. The first-order valence-electron chi connectivity index (χ1n) is 7.23. The molecule has 5 heteroatoms. The lowest BCUT2D eigenvalue weighted by Crippen LogP contribution is -2.49.